The number of esters is 1. The van der Waals surface area contributed by atoms with Gasteiger partial charge in [0.25, 0.3) is 5.91 Å². The third-order valence-electron chi connectivity index (χ3n) is 4.68. The van der Waals surface area contributed by atoms with Gasteiger partial charge in [-0.15, -0.1) is 0 Å². The minimum absolute atomic E-state index is 0.0146. The average Bonchev–Trinajstić information content (AvgIpc) is 2.68. The van der Waals surface area contributed by atoms with Gasteiger partial charge in [0.15, 0.2) is 6.10 Å². The topological polar surface area (TPSA) is 122 Å². The second-order valence-corrected chi connectivity index (χ2v) is 9.31. The van der Waals surface area contributed by atoms with Gasteiger partial charge >= 0.3 is 12.0 Å². The molecule has 0 heterocycles. The molecule has 0 saturated heterocycles. The Balaban J connectivity index is 1.94. The Hall–Kier alpha value is -2.46. The molecular weight excluding hydrogens is 398 g/mol. The number of ether oxygens (including phenoxy) is 1. The minimum atomic E-state index is -3.71. The Bertz CT molecular complexity index is 862. The lowest BCUT2D eigenvalue weighted by Gasteiger charge is -2.23. The van der Waals surface area contributed by atoms with Gasteiger partial charge < -0.3 is 10.1 Å². The van der Waals surface area contributed by atoms with Crippen molar-refractivity contribution in [1.82, 2.24) is 14.9 Å². The number of carbonyl (C=O) groups is 3. The van der Waals surface area contributed by atoms with Crippen molar-refractivity contribution in [1.29, 1.82) is 0 Å². The Morgan fingerprint density at radius 2 is 1.79 bits per heavy atom. The zero-order valence-corrected chi connectivity index (χ0v) is 17.6. The van der Waals surface area contributed by atoms with Crippen LogP contribution in [0.4, 0.5) is 4.79 Å². The van der Waals surface area contributed by atoms with Gasteiger partial charge in [0.2, 0.25) is 10.0 Å². The third kappa shape index (κ3) is 6.26. The molecule has 1 saturated carbocycles. The van der Waals surface area contributed by atoms with E-state index >= 15 is 0 Å². The highest BCUT2D eigenvalue weighted by atomic mass is 32.2. The van der Waals surface area contributed by atoms with Crippen LogP contribution >= 0.6 is 0 Å². The van der Waals surface area contributed by atoms with E-state index in [1.165, 1.54) is 45.3 Å². The number of nitrogens with zero attached hydrogens (tertiary/aromatic N) is 1. The molecule has 160 valence electrons. The van der Waals surface area contributed by atoms with Crippen molar-refractivity contribution in [3.63, 3.8) is 0 Å². The maximum atomic E-state index is 12.3. The van der Waals surface area contributed by atoms with Gasteiger partial charge in [0.05, 0.1) is 10.5 Å². The summed E-state index contributed by atoms with van der Waals surface area (Å²) in [4.78, 5) is 36.3. The van der Waals surface area contributed by atoms with Crippen LogP contribution in [0.2, 0.25) is 0 Å². The first kappa shape index (κ1) is 22.8. The molecular formula is C19H27N3O6S. The molecule has 1 aromatic rings. The third-order valence-corrected chi connectivity index (χ3v) is 6.49. The van der Waals surface area contributed by atoms with E-state index in [4.69, 9.17) is 4.74 Å². The van der Waals surface area contributed by atoms with E-state index in [0.717, 1.165) is 36.4 Å². The average molecular weight is 426 g/mol. The molecule has 0 spiro atoms. The van der Waals surface area contributed by atoms with Gasteiger partial charge in [-0.05, 0) is 38.0 Å². The van der Waals surface area contributed by atoms with Crippen molar-refractivity contribution in [2.24, 2.45) is 0 Å². The van der Waals surface area contributed by atoms with Crippen LogP contribution in [0.3, 0.4) is 0 Å². The molecule has 1 fully saturated rings. The molecule has 0 aromatic heterocycles. The van der Waals surface area contributed by atoms with Crippen molar-refractivity contribution in [2.75, 3.05) is 14.1 Å². The van der Waals surface area contributed by atoms with Gasteiger partial charge in [0, 0.05) is 20.1 Å². The van der Waals surface area contributed by atoms with Crippen molar-refractivity contribution < 1.29 is 27.5 Å². The lowest BCUT2D eigenvalue weighted by atomic mass is 9.96. The van der Waals surface area contributed by atoms with E-state index in [9.17, 15) is 22.8 Å². The van der Waals surface area contributed by atoms with Crippen LogP contribution in [0.15, 0.2) is 29.2 Å². The van der Waals surface area contributed by atoms with Gasteiger partial charge in [-0.3, -0.25) is 10.1 Å². The second-order valence-electron chi connectivity index (χ2n) is 7.16. The first-order chi connectivity index (χ1) is 13.6. The number of sulfonamides is 1. The normalized spacial score (nSPS) is 16.1. The monoisotopic (exact) mass is 425 g/mol. The summed E-state index contributed by atoms with van der Waals surface area (Å²) in [5.74, 6) is -1.63. The number of nitrogens with one attached hydrogen (secondary N) is 2. The summed E-state index contributed by atoms with van der Waals surface area (Å²) >= 11 is 0. The van der Waals surface area contributed by atoms with E-state index in [0.29, 0.717) is 0 Å². The molecule has 1 aliphatic carbocycles. The van der Waals surface area contributed by atoms with Crippen molar-refractivity contribution in [3.05, 3.63) is 29.8 Å². The molecule has 9 nitrogen and oxygen atoms in total. The Labute approximate surface area is 170 Å². The maximum Gasteiger partial charge on any atom is 0.338 e. The zero-order valence-electron chi connectivity index (χ0n) is 16.8. The van der Waals surface area contributed by atoms with Gasteiger partial charge in [-0.2, -0.15) is 0 Å². The highest BCUT2D eigenvalue weighted by Crippen LogP contribution is 2.17. The van der Waals surface area contributed by atoms with Crippen LogP contribution in [0.25, 0.3) is 0 Å². The van der Waals surface area contributed by atoms with Crippen LogP contribution in [0, 0.1) is 0 Å². The molecule has 0 bridgehead atoms. The molecule has 0 unspecified atom stereocenters. The predicted octanol–water partition coefficient (Wildman–Crippen LogP) is 1.64. The summed E-state index contributed by atoms with van der Waals surface area (Å²) in [6, 6.07) is 4.75. The van der Waals surface area contributed by atoms with E-state index in [2.05, 4.69) is 10.6 Å². The molecule has 3 amide bonds. The number of imide groups is 1. The fourth-order valence-electron chi connectivity index (χ4n) is 2.96. The zero-order chi connectivity index (χ0) is 21.6. The Kier molecular flexibility index (Phi) is 7.74. The molecule has 0 aliphatic heterocycles. The Morgan fingerprint density at radius 3 is 2.41 bits per heavy atom. The smallest absolute Gasteiger partial charge is 0.338 e. The minimum Gasteiger partial charge on any atom is -0.449 e. The van der Waals surface area contributed by atoms with E-state index in [1.807, 2.05) is 0 Å². The van der Waals surface area contributed by atoms with Crippen LogP contribution in [0.1, 0.15) is 49.4 Å². The number of carbonyl (C=O) groups excluding carboxylic acids is 3. The van der Waals surface area contributed by atoms with Crippen LogP contribution in [-0.4, -0.2) is 56.9 Å². The molecule has 0 radical (unpaired) electrons. The first-order valence-electron chi connectivity index (χ1n) is 9.46. The van der Waals surface area contributed by atoms with E-state index in [-0.39, 0.29) is 16.5 Å². The lowest BCUT2D eigenvalue weighted by molar-refractivity contribution is -0.127. The van der Waals surface area contributed by atoms with Gasteiger partial charge in [-0.25, -0.2) is 22.3 Å². The Morgan fingerprint density at radius 1 is 1.14 bits per heavy atom. The quantitative estimate of drug-likeness (QED) is 0.668. The largest absolute Gasteiger partial charge is 0.449 e. The fraction of sp³-hybridized carbons (Fsp3) is 0.526. The molecule has 2 N–H and O–H groups in total. The summed E-state index contributed by atoms with van der Waals surface area (Å²) < 4.78 is 30.5. The van der Waals surface area contributed by atoms with Crippen LogP contribution in [0.5, 0.6) is 0 Å². The summed E-state index contributed by atoms with van der Waals surface area (Å²) in [7, 11) is -0.954. The summed E-state index contributed by atoms with van der Waals surface area (Å²) in [6.45, 7) is 1.33. The highest BCUT2D eigenvalue weighted by molar-refractivity contribution is 7.89. The van der Waals surface area contributed by atoms with E-state index in [1.54, 1.807) is 0 Å². The molecule has 1 atom stereocenters. The fourth-order valence-corrected chi connectivity index (χ4v) is 3.91. The van der Waals surface area contributed by atoms with E-state index < -0.39 is 34.0 Å². The number of hydrogen-bond acceptors (Lipinski definition) is 6. The summed E-state index contributed by atoms with van der Waals surface area (Å²) in [5.41, 5.74) is -0.0146. The highest BCUT2D eigenvalue weighted by Gasteiger charge is 2.24. The van der Waals surface area contributed by atoms with Crippen LogP contribution < -0.4 is 10.6 Å². The number of urea groups is 1. The molecule has 2 rings (SSSR count). The SMILES string of the molecule is C[C@@H](OC(=O)c1cccc(S(=O)(=O)N(C)C)c1)C(=O)NC(=O)NC1CCCCC1. The molecule has 29 heavy (non-hydrogen) atoms. The van der Waals surface area contributed by atoms with Gasteiger partial charge in [-0.1, -0.05) is 25.3 Å². The van der Waals surface area contributed by atoms with Crippen molar-refractivity contribution in [2.45, 2.75) is 56.1 Å². The summed E-state index contributed by atoms with van der Waals surface area (Å²) in [5, 5.41) is 4.91. The molecule has 1 aromatic carbocycles. The first-order valence-corrected chi connectivity index (χ1v) is 10.9. The number of benzene rings is 1. The number of rotatable bonds is 6. The number of amides is 3. The maximum absolute atomic E-state index is 12.3. The standard InChI is InChI=1S/C19H27N3O6S/c1-13(17(23)21-19(25)20-15-9-5-4-6-10-15)28-18(24)14-8-7-11-16(12-14)29(26,27)22(2)3/h7-8,11-13,15H,4-6,9-10H2,1-3H3,(H2,20,21,23,25)/t13-/m1/s1. The van der Waals surface area contributed by atoms with Crippen LogP contribution in [-0.2, 0) is 19.6 Å². The van der Waals surface area contributed by atoms with Gasteiger partial charge in [0.1, 0.15) is 0 Å². The lowest BCUT2D eigenvalue weighted by Crippen LogP contribution is -2.48. The second kappa shape index (κ2) is 9.84. The molecule has 10 heteroatoms. The van der Waals surface area contributed by atoms with Crippen molar-refractivity contribution >= 4 is 27.9 Å². The predicted molar refractivity (Wildman–Crippen MR) is 106 cm³/mol. The molecule has 1 aliphatic rings. The van der Waals surface area contributed by atoms with Crippen molar-refractivity contribution in [3.8, 4) is 0 Å². The summed E-state index contributed by atoms with van der Waals surface area (Å²) in [6.07, 6.45) is 3.73. The number of hydrogen-bond donors (Lipinski definition) is 2.